The van der Waals surface area contributed by atoms with E-state index in [4.69, 9.17) is 0 Å². The van der Waals surface area contributed by atoms with Gasteiger partial charge in [0.05, 0.1) is 10.5 Å². The van der Waals surface area contributed by atoms with Gasteiger partial charge in [-0.05, 0) is 23.6 Å². The SMILES string of the molecule is O=C1CC(c2ccccc2)CC(=O)C1=CNCCN1CCN(C(=O)c2ccc([N+](=O)[O-])cc2)CC1. The molecule has 2 aromatic carbocycles. The first-order valence-electron chi connectivity index (χ1n) is 11.7. The van der Waals surface area contributed by atoms with E-state index >= 15 is 0 Å². The number of nitrogens with one attached hydrogen (secondary N) is 1. The Balaban J connectivity index is 1.20. The van der Waals surface area contributed by atoms with Crippen LogP contribution in [0.1, 0.15) is 34.7 Å². The van der Waals surface area contributed by atoms with Crippen molar-refractivity contribution in [3.8, 4) is 0 Å². The third kappa shape index (κ3) is 5.99. The van der Waals surface area contributed by atoms with E-state index in [1.807, 2.05) is 30.3 Å². The van der Waals surface area contributed by atoms with Gasteiger partial charge >= 0.3 is 0 Å². The quantitative estimate of drug-likeness (QED) is 0.215. The van der Waals surface area contributed by atoms with Gasteiger partial charge in [-0.25, -0.2) is 0 Å². The minimum absolute atomic E-state index is 0.0403. The van der Waals surface area contributed by atoms with Gasteiger partial charge in [0.1, 0.15) is 0 Å². The summed E-state index contributed by atoms with van der Waals surface area (Å²) in [5.41, 5.74) is 1.67. The molecular weight excluding hydrogens is 448 g/mol. The number of non-ortho nitro benzene ring substituents is 1. The highest BCUT2D eigenvalue weighted by atomic mass is 16.6. The van der Waals surface area contributed by atoms with Gasteiger partial charge in [-0.1, -0.05) is 30.3 Å². The summed E-state index contributed by atoms with van der Waals surface area (Å²) in [5.74, 6) is -0.439. The molecule has 1 amide bonds. The normalized spacial score (nSPS) is 18.9. The van der Waals surface area contributed by atoms with Gasteiger partial charge < -0.3 is 10.2 Å². The van der Waals surface area contributed by atoms with Gasteiger partial charge in [-0.15, -0.1) is 0 Å². The molecule has 35 heavy (non-hydrogen) atoms. The largest absolute Gasteiger partial charge is 0.389 e. The first-order valence-corrected chi connectivity index (χ1v) is 11.7. The molecule has 2 aromatic rings. The fourth-order valence-electron chi connectivity index (χ4n) is 4.50. The molecule has 1 N–H and O–H groups in total. The number of amides is 1. The average Bonchev–Trinajstić information content (AvgIpc) is 2.88. The number of Topliss-reactive ketones (excluding diaryl/α,β-unsaturated/α-hetero) is 2. The number of nitrogens with zero attached hydrogens (tertiary/aromatic N) is 3. The molecule has 182 valence electrons. The van der Waals surface area contributed by atoms with Crippen LogP contribution in [0.3, 0.4) is 0 Å². The van der Waals surface area contributed by atoms with Crippen LogP contribution in [0.15, 0.2) is 66.4 Å². The molecule has 0 spiro atoms. The summed E-state index contributed by atoms with van der Waals surface area (Å²) in [6.07, 6.45) is 2.24. The van der Waals surface area contributed by atoms with Crippen LogP contribution in [-0.2, 0) is 9.59 Å². The topological polar surface area (TPSA) is 113 Å². The van der Waals surface area contributed by atoms with Crippen molar-refractivity contribution < 1.29 is 19.3 Å². The van der Waals surface area contributed by atoms with E-state index in [1.165, 1.54) is 24.3 Å². The van der Waals surface area contributed by atoms with E-state index in [-0.39, 0.29) is 34.7 Å². The Morgan fingerprint density at radius 3 is 2.20 bits per heavy atom. The van der Waals surface area contributed by atoms with E-state index in [0.29, 0.717) is 51.1 Å². The van der Waals surface area contributed by atoms with Gasteiger partial charge in [0.25, 0.3) is 11.6 Å². The fraction of sp³-hybridized carbons (Fsp3) is 0.346. The Bertz CT molecular complexity index is 1100. The van der Waals surface area contributed by atoms with E-state index in [1.54, 1.807) is 11.1 Å². The van der Waals surface area contributed by atoms with Crippen LogP contribution >= 0.6 is 0 Å². The van der Waals surface area contributed by atoms with Gasteiger partial charge in [0.2, 0.25) is 0 Å². The second-order valence-corrected chi connectivity index (χ2v) is 8.81. The molecule has 1 saturated heterocycles. The summed E-state index contributed by atoms with van der Waals surface area (Å²) in [6.45, 7) is 3.84. The maximum atomic E-state index is 12.7. The van der Waals surface area contributed by atoms with Crippen molar-refractivity contribution in [2.24, 2.45) is 0 Å². The highest BCUT2D eigenvalue weighted by molar-refractivity contribution is 6.22. The fourth-order valence-corrected chi connectivity index (χ4v) is 4.50. The number of allylic oxidation sites excluding steroid dienone is 1. The minimum atomic E-state index is -0.488. The number of ketones is 2. The number of carbonyl (C=O) groups excluding carboxylic acids is 3. The van der Waals surface area contributed by atoms with Crippen molar-refractivity contribution in [3.63, 3.8) is 0 Å². The van der Waals surface area contributed by atoms with E-state index < -0.39 is 4.92 Å². The van der Waals surface area contributed by atoms with Crippen LogP contribution in [0, 0.1) is 10.1 Å². The molecule has 0 atom stereocenters. The number of piperazine rings is 1. The van der Waals surface area contributed by atoms with E-state index in [2.05, 4.69) is 10.2 Å². The number of nitro benzene ring substituents is 1. The standard InChI is InChI=1S/C26H28N4O5/c31-24-16-21(19-4-2-1-3-5-19)17-25(32)23(24)18-27-10-11-28-12-14-29(15-13-28)26(33)20-6-8-22(9-7-20)30(34)35/h1-9,18,21,27H,10-17H2. The molecule has 1 saturated carbocycles. The number of rotatable bonds is 7. The van der Waals surface area contributed by atoms with Crippen molar-refractivity contribution in [2.75, 3.05) is 39.3 Å². The number of hydrogen-bond donors (Lipinski definition) is 1. The van der Waals surface area contributed by atoms with Crippen molar-refractivity contribution in [3.05, 3.63) is 87.6 Å². The van der Waals surface area contributed by atoms with Gasteiger partial charge in [-0.2, -0.15) is 0 Å². The molecule has 0 radical (unpaired) electrons. The lowest BCUT2D eigenvalue weighted by molar-refractivity contribution is -0.384. The first-order chi connectivity index (χ1) is 16.9. The Hall–Kier alpha value is -3.85. The maximum absolute atomic E-state index is 12.7. The number of benzene rings is 2. The molecule has 0 bridgehead atoms. The van der Waals surface area contributed by atoms with E-state index in [0.717, 1.165) is 12.1 Å². The van der Waals surface area contributed by atoms with Crippen molar-refractivity contribution in [1.82, 2.24) is 15.1 Å². The van der Waals surface area contributed by atoms with Crippen molar-refractivity contribution in [2.45, 2.75) is 18.8 Å². The van der Waals surface area contributed by atoms with Gasteiger partial charge in [0, 0.05) is 76.0 Å². The van der Waals surface area contributed by atoms with Crippen LogP contribution in [0.25, 0.3) is 0 Å². The first kappa shape index (κ1) is 24.3. The molecule has 1 aliphatic carbocycles. The number of carbonyl (C=O) groups is 3. The zero-order chi connectivity index (χ0) is 24.8. The average molecular weight is 477 g/mol. The molecule has 2 aliphatic rings. The van der Waals surface area contributed by atoms with Crippen LogP contribution < -0.4 is 5.32 Å². The summed E-state index contributed by atoms with van der Waals surface area (Å²) in [4.78, 5) is 52.0. The second-order valence-electron chi connectivity index (χ2n) is 8.81. The summed E-state index contributed by atoms with van der Waals surface area (Å²) >= 11 is 0. The zero-order valence-electron chi connectivity index (χ0n) is 19.4. The molecular formula is C26H28N4O5. The zero-order valence-corrected chi connectivity index (χ0v) is 19.4. The maximum Gasteiger partial charge on any atom is 0.269 e. The summed E-state index contributed by atoms with van der Waals surface area (Å²) in [5, 5.41) is 13.9. The molecule has 4 rings (SSSR count). The molecule has 9 heteroatoms. The van der Waals surface area contributed by atoms with Crippen LogP contribution in [-0.4, -0.2) is 71.5 Å². The lowest BCUT2D eigenvalue weighted by Gasteiger charge is -2.34. The Kier molecular flexibility index (Phi) is 7.67. The van der Waals surface area contributed by atoms with E-state index in [9.17, 15) is 24.5 Å². The Labute approximate surface area is 203 Å². The van der Waals surface area contributed by atoms with Crippen LogP contribution in [0.4, 0.5) is 5.69 Å². The highest BCUT2D eigenvalue weighted by Gasteiger charge is 2.31. The van der Waals surface area contributed by atoms with Gasteiger partial charge in [0.15, 0.2) is 11.6 Å². The molecule has 1 heterocycles. The smallest absolute Gasteiger partial charge is 0.269 e. The monoisotopic (exact) mass is 476 g/mol. The number of hydrogen-bond acceptors (Lipinski definition) is 7. The van der Waals surface area contributed by atoms with Crippen LogP contribution in [0.2, 0.25) is 0 Å². The summed E-state index contributed by atoms with van der Waals surface area (Å²) < 4.78 is 0. The van der Waals surface area contributed by atoms with Crippen LogP contribution in [0.5, 0.6) is 0 Å². The summed E-state index contributed by atoms with van der Waals surface area (Å²) in [7, 11) is 0. The number of nitro groups is 1. The molecule has 0 unspecified atom stereocenters. The summed E-state index contributed by atoms with van der Waals surface area (Å²) in [6, 6.07) is 15.3. The third-order valence-electron chi connectivity index (χ3n) is 6.54. The predicted molar refractivity (Wildman–Crippen MR) is 130 cm³/mol. The predicted octanol–water partition coefficient (Wildman–Crippen LogP) is 2.54. The molecule has 2 fully saturated rings. The molecule has 9 nitrogen and oxygen atoms in total. The van der Waals surface area contributed by atoms with Crippen molar-refractivity contribution in [1.29, 1.82) is 0 Å². The second kappa shape index (κ2) is 11.1. The minimum Gasteiger partial charge on any atom is -0.389 e. The molecule has 0 aromatic heterocycles. The lowest BCUT2D eigenvalue weighted by Crippen LogP contribution is -2.49. The van der Waals surface area contributed by atoms with Gasteiger partial charge in [-0.3, -0.25) is 29.4 Å². The Morgan fingerprint density at radius 2 is 1.60 bits per heavy atom. The molecule has 1 aliphatic heterocycles. The van der Waals surface area contributed by atoms with Crippen molar-refractivity contribution >= 4 is 23.2 Å². The lowest BCUT2D eigenvalue weighted by atomic mass is 9.80. The third-order valence-corrected chi connectivity index (χ3v) is 6.54. The highest BCUT2D eigenvalue weighted by Crippen LogP contribution is 2.31. The Morgan fingerprint density at radius 1 is 0.971 bits per heavy atom.